The lowest BCUT2D eigenvalue weighted by atomic mass is 10.4. The van der Waals surface area contributed by atoms with E-state index in [0.717, 1.165) is 19.4 Å². The third-order valence-electron chi connectivity index (χ3n) is 1.89. The molecular weight excluding hydrogens is 210 g/mol. The van der Waals surface area contributed by atoms with Crippen LogP contribution in [0, 0.1) is 0 Å². The molecule has 0 fully saturated rings. The maximum absolute atomic E-state index is 11.2. The third-order valence-corrected chi connectivity index (χ3v) is 2.82. The lowest BCUT2D eigenvalue weighted by Crippen LogP contribution is -2.25. The molecule has 1 N–H and O–H groups in total. The minimum atomic E-state index is -0.167. The van der Waals surface area contributed by atoms with Gasteiger partial charge in [0.15, 0.2) is 0 Å². The van der Waals surface area contributed by atoms with Crippen LogP contribution in [0.15, 0.2) is 17.5 Å². The van der Waals surface area contributed by atoms with Gasteiger partial charge in [-0.25, -0.2) is 0 Å². The molecule has 0 spiro atoms. The molecule has 3 nitrogen and oxygen atoms in total. The van der Waals surface area contributed by atoms with Crippen molar-refractivity contribution in [2.75, 3.05) is 19.7 Å². The molecule has 0 amide bonds. The van der Waals surface area contributed by atoms with E-state index in [0.29, 0.717) is 13.2 Å². The zero-order chi connectivity index (χ0) is 10.9. The molecule has 4 heteroatoms. The van der Waals surface area contributed by atoms with Gasteiger partial charge < -0.3 is 10.1 Å². The van der Waals surface area contributed by atoms with E-state index in [2.05, 4.69) is 12.2 Å². The Morgan fingerprint density at radius 1 is 1.60 bits per heavy atom. The zero-order valence-electron chi connectivity index (χ0n) is 8.99. The average Bonchev–Trinajstić information content (AvgIpc) is 2.71. The molecule has 0 saturated carbocycles. The van der Waals surface area contributed by atoms with Gasteiger partial charge in [0.25, 0.3) is 0 Å². The van der Waals surface area contributed by atoms with E-state index in [-0.39, 0.29) is 5.97 Å². The van der Waals surface area contributed by atoms with Gasteiger partial charge in [-0.15, -0.1) is 11.3 Å². The van der Waals surface area contributed by atoms with E-state index < -0.39 is 0 Å². The standard InChI is InChI=1S/C11H17NO2S/c1-2-6-12-9-11(13)14-7-5-10-4-3-8-15-10/h3-4,8,12H,2,5-7,9H2,1H3. The van der Waals surface area contributed by atoms with Crippen LogP contribution in [0.2, 0.25) is 0 Å². The normalized spacial score (nSPS) is 10.2. The fourth-order valence-corrected chi connectivity index (χ4v) is 1.83. The molecule has 0 aliphatic carbocycles. The van der Waals surface area contributed by atoms with E-state index in [1.807, 2.05) is 17.5 Å². The largest absolute Gasteiger partial charge is 0.464 e. The summed E-state index contributed by atoms with van der Waals surface area (Å²) >= 11 is 1.69. The van der Waals surface area contributed by atoms with Crippen molar-refractivity contribution >= 4 is 17.3 Å². The second-order valence-corrected chi connectivity index (χ2v) is 4.26. The van der Waals surface area contributed by atoms with Gasteiger partial charge in [-0.05, 0) is 24.4 Å². The van der Waals surface area contributed by atoms with Gasteiger partial charge in [-0.3, -0.25) is 4.79 Å². The first-order valence-electron chi connectivity index (χ1n) is 5.21. The van der Waals surface area contributed by atoms with Crippen molar-refractivity contribution in [3.63, 3.8) is 0 Å². The van der Waals surface area contributed by atoms with Crippen LogP contribution in [-0.4, -0.2) is 25.7 Å². The van der Waals surface area contributed by atoms with Crippen molar-refractivity contribution in [2.24, 2.45) is 0 Å². The summed E-state index contributed by atoms with van der Waals surface area (Å²) in [7, 11) is 0. The second-order valence-electron chi connectivity index (χ2n) is 3.23. The van der Waals surface area contributed by atoms with Gasteiger partial charge >= 0.3 is 5.97 Å². The lowest BCUT2D eigenvalue weighted by molar-refractivity contribution is -0.142. The summed E-state index contributed by atoms with van der Waals surface area (Å²) in [5.74, 6) is -0.167. The topological polar surface area (TPSA) is 38.3 Å². The number of carbonyl (C=O) groups is 1. The number of ether oxygens (including phenoxy) is 1. The smallest absolute Gasteiger partial charge is 0.319 e. The Morgan fingerprint density at radius 2 is 2.47 bits per heavy atom. The molecule has 15 heavy (non-hydrogen) atoms. The molecule has 1 aromatic heterocycles. The number of carbonyl (C=O) groups excluding carboxylic acids is 1. The van der Waals surface area contributed by atoms with E-state index in [9.17, 15) is 4.79 Å². The summed E-state index contributed by atoms with van der Waals surface area (Å²) in [4.78, 5) is 12.4. The van der Waals surface area contributed by atoms with Crippen molar-refractivity contribution in [3.8, 4) is 0 Å². The van der Waals surface area contributed by atoms with Crippen LogP contribution in [0.25, 0.3) is 0 Å². The first-order chi connectivity index (χ1) is 7.33. The average molecular weight is 227 g/mol. The summed E-state index contributed by atoms with van der Waals surface area (Å²) in [6.45, 7) is 3.72. The third kappa shape index (κ3) is 5.54. The van der Waals surface area contributed by atoms with Gasteiger partial charge in [0.05, 0.1) is 13.2 Å². The Hall–Kier alpha value is -0.870. The first-order valence-corrected chi connectivity index (χ1v) is 6.09. The second kappa shape index (κ2) is 7.43. The van der Waals surface area contributed by atoms with Crippen molar-refractivity contribution in [1.82, 2.24) is 5.32 Å². The molecule has 0 radical (unpaired) electrons. The van der Waals surface area contributed by atoms with Gasteiger partial charge in [0.2, 0.25) is 0 Å². The first kappa shape index (κ1) is 12.2. The van der Waals surface area contributed by atoms with E-state index in [1.165, 1.54) is 4.88 Å². The van der Waals surface area contributed by atoms with Gasteiger partial charge in [-0.1, -0.05) is 13.0 Å². The number of nitrogens with one attached hydrogen (secondary N) is 1. The number of hydrogen-bond donors (Lipinski definition) is 1. The predicted molar refractivity (Wildman–Crippen MR) is 62.1 cm³/mol. The Morgan fingerprint density at radius 3 is 3.13 bits per heavy atom. The van der Waals surface area contributed by atoms with Gasteiger partial charge in [0, 0.05) is 11.3 Å². The van der Waals surface area contributed by atoms with Crippen molar-refractivity contribution in [1.29, 1.82) is 0 Å². The fraction of sp³-hybridized carbons (Fsp3) is 0.545. The Balaban J connectivity index is 2.02. The highest BCUT2D eigenvalue weighted by atomic mass is 32.1. The lowest BCUT2D eigenvalue weighted by Gasteiger charge is -2.04. The van der Waals surface area contributed by atoms with Crippen LogP contribution in [0.1, 0.15) is 18.2 Å². The van der Waals surface area contributed by atoms with Gasteiger partial charge in [0.1, 0.15) is 0 Å². The van der Waals surface area contributed by atoms with Crippen LogP contribution >= 0.6 is 11.3 Å². The van der Waals surface area contributed by atoms with Gasteiger partial charge in [-0.2, -0.15) is 0 Å². The number of hydrogen-bond acceptors (Lipinski definition) is 4. The molecule has 84 valence electrons. The van der Waals surface area contributed by atoms with Crippen molar-refractivity contribution in [3.05, 3.63) is 22.4 Å². The number of rotatable bonds is 7. The van der Waals surface area contributed by atoms with Crippen LogP contribution in [0.4, 0.5) is 0 Å². The maximum Gasteiger partial charge on any atom is 0.319 e. The van der Waals surface area contributed by atoms with Crippen LogP contribution in [0.5, 0.6) is 0 Å². The molecule has 0 aromatic carbocycles. The highest BCUT2D eigenvalue weighted by Crippen LogP contribution is 2.08. The monoisotopic (exact) mass is 227 g/mol. The Bertz CT molecular complexity index is 272. The van der Waals surface area contributed by atoms with E-state index in [4.69, 9.17) is 4.74 Å². The molecule has 0 bridgehead atoms. The summed E-state index contributed by atoms with van der Waals surface area (Å²) in [6, 6.07) is 4.05. The number of esters is 1. The van der Waals surface area contributed by atoms with Crippen molar-refractivity contribution in [2.45, 2.75) is 19.8 Å². The molecule has 1 heterocycles. The molecule has 0 aliphatic rings. The van der Waals surface area contributed by atoms with Crippen molar-refractivity contribution < 1.29 is 9.53 Å². The zero-order valence-corrected chi connectivity index (χ0v) is 9.81. The van der Waals surface area contributed by atoms with Crippen LogP contribution in [-0.2, 0) is 16.0 Å². The molecule has 1 aromatic rings. The van der Waals surface area contributed by atoms with E-state index in [1.54, 1.807) is 11.3 Å². The highest BCUT2D eigenvalue weighted by Gasteiger charge is 2.01. The minimum Gasteiger partial charge on any atom is -0.464 e. The summed E-state index contributed by atoms with van der Waals surface area (Å²) in [5.41, 5.74) is 0. The maximum atomic E-state index is 11.2. The minimum absolute atomic E-state index is 0.167. The molecule has 0 saturated heterocycles. The number of thiophene rings is 1. The molecule has 0 atom stereocenters. The molecule has 0 unspecified atom stereocenters. The summed E-state index contributed by atoms with van der Waals surface area (Å²) in [6.07, 6.45) is 1.85. The molecular formula is C11H17NO2S. The predicted octanol–water partition coefficient (Wildman–Crippen LogP) is 1.83. The van der Waals surface area contributed by atoms with Crippen LogP contribution < -0.4 is 5.32 Å². The Labute approximate surface area is 94.5 Å². The quantitative estimate of drug-likeness (QED) is 0.570. The highest BCUT2D eigenvalue weighted by molar-refractivity contribution is 7.09. The summed E-state index contributed by atoms with van der Waals surface area (Å²) < 4.78 is 5.07. The summed E-state index contributed by atoms with van der Waals surface area (Å²) in [5, 5.41) is 5.03. The van der Waals surface area contributed by atoms with Crippen LogP contribution in [0.3, 0.4) is 0 Å². The van der Waals surface area contributed by atoms with E-state index >= 15 is 0 Å². The molecule has 0 aliphatic heterocycles. The fourth-order valence-electron chi connectivity index (χ4n) is 1.14. The molecule has 1 rings (SSSR count). The SMILES string of the molecule is CCCNCC(=O)OCCc1cccs1. The Kier molecular flexibility index (Phi) is 6.04.